The van der Waals surface area contributed by atoms with Crippen LogP contribution in [0.3, 0.4) is 0 Å². The highest BCUT2D eigenvalue weighted by molar-refractivity contribution is 6.31. The number of carbonyl (C=O) groups is 1. The molecule has 0 unspecified atom stereocenters. The van der Waals surface area contributed by atoms with E-state index in [0.717, 1.165) is 5.56 Å². The van der Waals surface area contributed by atoms with Crippen molar-refractivity contribution >= 4 is 28.5 Å². The van der Waals surface area contributed by atoms with E-state index >= 15 is 0 Å². The molecule has 0 saturated carbocycles. The number of carboxylic acids is 1. The molecule has 0 N–H and O–H groups in total. The van der Waals surface area contributed by atoms with E-state index in [1.54, 1.807) is 12.1 Å². The Bertz CT molecular complexity index is 1060. The predicted molar refractivity (Wildman–Crippen MR) is 102 cm³/mol. The number of halogens is 1. The number of fused-ring (bicyclic) bond motifs is 1. The average Bonchev–Trinajstić information content (AvgIpc) is 2.60. The first-order chi connectivity index (χ1) is 12.7. The first-order valence-corrected chi connectivity index (χ1v) is 8.74. The second kappa shape index (κ2) is 7.08. The van der Waals surface area contributed by atoms with Crippen LogP contribution in [0.2, 0.25) is 5.02 Å². The van der Waals surface area contributed by atoms with Crippen LogP contribution < -0.4 is 15.3 Å². The van der Waals surface area contributed by atoms with Crippen molar-refractivity contribution in [3.05, 3.63) is 63.3 Å². The van der Waals surface area contributed by atoms with Crippen molar-refractivity contribution < 1.29 is 19.1 Å². The van der Waals surface area contributed by atoms with Gasteiger partial charge in [-0.1, -0.05) is 56.6 Å². The van der Waals surface area contributed by atoms with E-state index in [2.05, 4.69) is 20.8 Å². The molecule has 0 aliphatic carbocycles. The van der Waals surface area contributed by atoms with Gasteiger partial charge in [0.25, 0.3) is 0 Å². The molecule has 0 spiro atoms. The summed E-state index contributed by atoms with van der Waals surface area (Å²) >= 11 is 5.96. The highest BCUT2D eigenvalue weighted by Crippen LogP contribution is 2.33. The molecule has 3 rings (SSSR count). The second-order valence-corrected chi connectivity index (χ2v) is 7.65. The van der Waals surface area contributed by atoms with Gasteiger partial charge in [0.1, 0.15) is 12.2 Å². The number of hydrogen-bond acceptors (Lipinski definition) is 5. The summed E-state index contributed by atoms with van der Waals surface area (Å²) in [4.78, 5) is 23.7. The molecule has 0 saturated heterocycles. The molecule has 5 nitrogen and oxygen atoms in total. The summed E-state index contributed by atoms with van der Waals surface area (Å²) in [6.45, 7) is 5.52. The van der Waals surface area contributed by atoms with Crippen molar-refractivity contribution in [1.29, 1.82) is 0 Å². The Kier molecular flexibility index (Phi) is 4.98. The lowest BCUT2D eigenvalue weighted by Crippen LogP contribution is -2.30. The zero-order chi connectivity index (χ0) is 19.8. The summed E-state index contributed by atoms with van der Waals surface area (Å²) in [5, 5.41) is 11.4. The average molecular weight is 386 g/mol. The van der Waals surface area contributed by atoms with Crippen LogP contribution in [0.4, 0.5) is 0 Å². The summed E-state index contributed by atoms with van der Waals surface area (Å²) < 4.78 is 11.1. The van der Waals surface area contributed by atoms with Gasteiger partial charge in [-0.2, -0.15) is 0 Å². The molecule has 140 valence electrons. The van der Waals surface area contributed by atoms with Crippen LogP contribution in [-0.2, 0) is 10.2 Å². The summed E-state index contributed by atoms with van der Waals surface area (Å²) in [6, 6.07) is 12.2. The standard InChI is InChI=1S/C21H19ClO5/c1-21(2,3)13-6-4-12(5-7-13)19-20(26-11-17(23)24)18(25)15-10-14(22)8-9-16(15)27-19/h4-10H,11H2,1-3H3,(H,23,24)/p-1. The zero-order valence-electron chi connectivity index (χ0n) is 15.2. The van der Waals surface area contributed by atoms with Gasteiger partial charge in [-0.3, -0.25) is 4.79 Å². The molecule has 1 aromatic heterocycles. The van der Waals surface area contributed by atoms with Crippen molar-refractivity contribution in [2.75, 3.05) is 6.61 Å². The minimum atomic E-state index is -1.44. The van der Waals surface area contributed by atoms with Crippen molar-refractivity contribution in [3.8, 4) is 17.1 Å². The number of carbonyl (C=O) groups excluding carboxylic acids is 1. The summed E-state index contributed by atoms with van der Waals surface area (Å²) in [5.41, 5.74) is 1.52. The number of aliphatic carboxylic acids is 1. The van der Waals surface area contributed by atoms with Gasteiger partial charge >= 0.3 is 0 Å². The quantitative estimate of drug-likeness (QED) is 0.686. The van der Waals surface area contributed by atoms with E-state index < -0.39 is 18.0 Å². The lowest BCUT2D eigenvalue weighted by Gasteiger charge is -2.19. The SMILES string of the molecule is CC(C)(C)c1ccc(-c2oc3ccc(Cl)cc3c(=O)c2OCC(=O)[O-])cc1. The van der Waals surface area contributed by atoms with Gasteiger partial charge in [0.15, 0.2) is 5.76 Å². The van der Waals surface area contributed by atoms with E-state index in [9.17, 15) is 14.7 Å². The maximum Gasteiger partial charge on any atom is 0.235 e. The van der Waals surface area contributed by atoms with Crippen LogP contribution in [-0.4, -0.2) is 12.6 Å². The smallest absolute Gasteiger partial charge is 0.235 e. The minimum Gasteiger partial charge on any atom is -0.546 e. The van der Waals surface area contributed by atoms with Crippen molar-refractivity contribution in [3.63, 3.8) is 0 Å². The molecule has 1 heterocycles. The molecule has 0 aliphatic rings. The maximum atomic E-state index is 12.9. The maximum absolute atomic E-state index is 12.9. The van der Waals surface area contributed by atoms with Crippen molar-refractivity contribution in [1.82, 2.24) is 0 Å². The third-order valence-electron chi connectivity index (χ3n) is 4.16. The molecule has 0 amide bonds. The molecule has 0 radical (unpaired) electrons. The van der Waals surface area contributed by atoms with E-state index in [0.29, 0.717) is 16.2 Å². The van der Waals surface area contributed by atoms with Crippen LogP contribution in [0.25, 0.3) is 22.3 Å². The fourth-order valence-corrected chi connectivity index (χ4v) is 2.90. The minimum absolute atomic E-state index is 0.0339. The highest BCUT2D eigenvalue weighted by atomic mass is 35.5. The largest absolute Gasteiger partial charge is 0.546 e. The van der Waals surface area contributed by atoms with Crippen LogP contribution in [0, 0.1) is 0 Å². The second-order valence-electron chi connectivity index (χ2n) is 7.22. The number of carboxylic acid groups (broad SMARTS) is 1. The van der Waals surface area contributed by atoms with Crippen LogP contribution in [0.15, 0.2) is 51.7 Å². The number of hydrogen-bond donors (Lipinski definition) is 0. The molecule has 0 fully saturated rings. The lowest BCUT2D eigenvalue weighted by molar-refractivity contribution is -0.307. The summed E-state index contributed by atoms with van der Waals surface area (Å²) in [5.74, 6) is -1.45. The van der Waals surface area contributed by atoms with Crippen LogP contribution in [0.1, 0.15) is 26.3 Å². The molecule has 27 heavy (non-hydrogen) atoms. The first-order valence-electron chi connectivity index (χ1n) is 8.37. The van der Waals surface area contributed by atoms with Crippen molar-refractivity contribution in [2.45, 2.75) is 26.2 Å². The first kappa shape index (κ1) is 19.0. The molecular formula is C21H18ClO5-. The predicted octanol–water partition coefficient (Wildman–Crippen LogP) is 3.54. The van der Waals surface area contributed by atoms with Gasteiger partial charge in [0.05, 0.1) is 11.4 Å². The van der Waals surface area contributed by atoms with Gasteiger partial charge in [-0.25, -0.2) is 0 Å². The van der Waals surface area contributed by atoms with E-state index in [1.807, 2.05) is 24.3 Å². The topological polar surface area (TPSA) is 79.6 Å². The molecule has 0 aliphatic heterocycles. The van der Waals surface area contributed by atoms with E-state index in [-0.39, 0.29) is 22.3 Å². The van der Waals surface area contributed by atoms with Gasteiger partial charge in [-0.05, 0) is 29.2 Å². The summed E-state index contributed by atoms with van der Waals surface area (Å²) in [7, 11) is 0. The lowest BCUT2D eigenvalue weighted by atomic mass is 9.86. The molecule has 2 aromatic carbocycles. The van der Waals surface area contributed by atoms with Crippen LogP contribution >= 0.6 is 11.6 Å². The van der Waals surface area contributed by atoms with Crippen molar-refractivity contribution in [2.24, 2.45) is 0 Å². The third-order valence-corrected chi connectivity index (χ3v) is 4.39. The highest BCUT2D eigenvalue weighted by Gasteiger charge is 2.19. The summed E-state index contributed by atoms with van der Waals surface area (Å²) in [6.07, 6.45) is 0. The molecule has 0 bridgehead atoms. The number of rotatable bonds is 4. The number of benzene rings is 2. The molecule has 3 aromatic rings. The monoisotopic (exact) mass is 385 g/mol. The van der Waals surface area contributed by atoms with Gasteiger partial charge in [0.2, 0.25) is 11.2 Å². The fraction of sp³-hybridized carbons (Fsp3) is 0.238. The zero-order valence-corrected chi connectivity index (χ0v) is 15.9. The molecule has 6 heteroatoms. The Hall–Kier alpha value is -2.79. The molecular weight excluding hydrogens is 368 g/mol. The Balaban J connectivity index is 2.20. The van der Waals surface area contributed by atoms with Gasteiger partial charge < -0.3 is 19.1 Å². The Morgan fingerprint density at radius 1 is 1.15 bits per heavy atom. The Morgan fingerprint density at radius 3 is 2.41 bits per heavy atom. The Morgan fingerprint density at radius 2 is 1.81 bits per heavy atom. The normalized spacial score (nSPS) is 11.6. The molecule has 0 atom stereocenters. The van der Waals surface area contributed by atoms with Gasteiger partial charge in [0, 0.05) is 10.6 Å². The van der Waals surface area contributed by atoms with Gasteiger partial charge in [-0.15, -0.1) is 0 Å². The van der Waals surface area contributed by atoms with E-state index in [1.165, 1.54) is 6.07 Å². The fourth-order valence-electron chi connectivity index (χ4n) is 2.72. The Labute approximate surface area is 161 Å². The van der Waals surface area contributed by atoms with E-state index in [4.69, 9.17) is 20.8 Å². The number of ether oxygens (including phenoxy) is 1. The third kappa shape index (κ3) is 3.98. The van der Waals surface area contributed by atoms with Crippen LogP contribution in [0.5, 0.6) is 5.75 Å².